The summed E-state index contributed by atoms with van der Waals surface area (Å²) in [6, 6.07) is 1.45. The van der Waals surface area contributed by atoms with Crippen molar-refractivity contribution in [2.45, 2.75) is 31.4 Å². The van der Waals surface area contributed by atoms with Gasteiger partial charge in [-0.2, -0.15) is 0 Å². The lowest BCUT2D eigenvalue weighted by molar-refractivity contribution is 0.378. The van der Waals surface area contributed by atoms with Gasteiger partial charge in [-0.3, -0.25) is 0 Å². The van der Waals surface area contributed by atoms with Crippen LogP contribution in [0.4, 0.5) is 0 Å². The lowest BCUT2D eigenvalue weighted by atomic mass is 9.93. The molecule has 98 valence electrons. The number of nitrogens with one attached hydrogen (secondary N) is 1. The molecule has 0 aromatic carbocycles. The topological polar surface area (TPSA) is 46.2 Å². The van der Waals surface area contributed by atoms with Crippen molar-refractivity contribution >= 4 is 48.9 Å². The number of thiophene rings is 1. The Hall–Kier alpha value is 0.380. The minimum absolute atomic E-state index is 0.107. The van der Waals surface area contributed by atoms with E-state index in [9.17, 15) is 8.42 Å². The number of sulfonamides is 1. The van der Waals surface area contributed by atoms with Gasteiger partial charge in [0.25, 0.3) is 0 Å². The SMILES string of the molecule is CC(C)(C)CCNS(=O)(=O)c1cc(Cl)c(Br)s1. The highest BCUT2D eigenvalue weighted by Gasteiger charge is 2.19. The standard InChI is InChI=1S/C10H15BrClNO2S2/c1-10(2,3)4-5-13-17(14,15)8-6-7(12)9(11)16-8/h6,13H,4-5H2,1-3H3. The van der Waals surface area contributed by atoms with Gasteiger partial charge in [-0.15, -0.1) is 11.3 Å². The largest absolute Gasteiger partial charge is 0.250 e. The third-order valence-electron chi connectivity index (χ3n) is 2.05. The number of halogens is 2. The summed E-state index contributed by atoms with van der Waals surface area (Å²) in [4.78, 5) is 0. The molecule has 0 amide bonds. The second-order valence-electron chi connectivity index (χ2n) is 4.90. The van der Waals surface area contributed by atoms with E-state index in [1.54, 1.807) is 0 Å². The zero-order valence-corrected chi connectivity index (χ0v) is 13.9. The van der Waals surface area contributed by atoms with Crippen LogP contribution in [0.1, 0.15) is 27.2 Å². The van der Waals surface area contributed by atoms with Crippen LogP contribution in [0.5, 0.6) is 0 Å². The van der Waals surface area contributed by atoms with Crippen LogP contribution in [-0.2, 0) is 10.0 Å². The van der Waals surface area contributed by atoms with Crippen LogP contribution in [0.3, 0.4) is 0 Å². The van der Waals surface area contributed by atoms with Gasteiger partial charge in [-0.25, -0.2) is 13.1 Å². The van der Waals surface area contributed by atoms with Crippen LogP contribution in [-0.4, -0.2) is 15.0 Å². The molecule has 0 fully saturated rings. The molecule has 17 heavy (non-hydrogen) atoms. The van der Waals surface area contributed by atoms with Crippen LogP contribution in [0.2, 0.25) is 5.02 Å². The Labute approximate surface area is 120 Å². The molecule has 0 saturated heterocycles. The van der Waals surface area contributed by atoms with E-state index >= 15 is 0 Å². The summed E-state index contributed by atoms with van der Waals surface area (Å²) in [5.41, 5.74) is 0.107. The predicted octanol–water partition coefficient (Wildman–Crippen LogP) is 3.88. The molecular formula is C10H15BrClNO2S2. The molecule has 1 rings (SSSR count). The summed E-state index contributed by atoms with van der Waals surface area (Å²) in [7, 11) is -3.43. The maximum absolute atomic E-state index is 11.9. The van der Waals surface area contributed by atoms with Gasteiger partial charge in [-0.1, -0.05) is 32.4 Å². The fraction of sp³-hybridized carbons (Fsp3) is 0.600. The molecule has 0 aliphatic rings. The zero-order valence-electron chi connectivity index (χ0n) is 9.88. The van der Waals surface area contributed by atoms with Crippen LogP contribution >= 0.6 is 38.9 Å². The minimum Gasteiger partial charge on any atom is -0.210 e. The zero-order chi connectivity index (χ0) is 13.3. The third-order valence-corrected chi connectivity index (χ3v) is 6.46. The molecule has 0 atom stereocenters. The smallest absolute Gasteiger partial charge is 0.210 e. The quantitative estimate of drug-likeness (QED) is 0.885. The average molecular weight is 361 g/mol. The third kappa shape index (κ3) is 4.87. The Kier molecular flexibility index (Phi) is 5.06. The van der Waals surface area contributed by atoms with Crippen LogP contribution < -0.4 is 4.72 Å². The molecule has 1 heterocycles. The van der Waals surface area contributed by atoms with Crippen LogP contribution in [0.25, 0.3) is 0 Å². The summed E-state index contributed by atoms with van der Waals surface area (Å²) in [5.74, 6) is 0. The maximum Gasteiger partial charge on any atom is 0.250 e. The molecule has 1 aromatic rings. The Morgan fingerprint density at radius 2 is 2.06 bits per heavy atom. The average Bonchev–Trinajstić information content (AvgIpc) is 2.45. The first kappa shape index (κ1) is 15.4. The maximum atomic E-state index is 11.9. The van der Waals surface area contributed by atoms with E-state index in [0.717, 1.165) is 17.8 Å². The van der Waals surface area contributed by atoms with Crippen molar-refractivity contribution in [2.75, 3.05) is 6.54 Å². The van der Waals surface area contributed by atoms with Crippen molar-refractivity contribution in [3.05, 3.63) is 14.9 Å². The summed E-state index contributed by atoms with van der Waals surface area (Å²) in [5, 5.41) is 0.422. The molecule has 1 aromatic heterocycles. The van der Waals surface area contributed by atoms with Gasteiger partial charge in [0.2, 0.25) is 10.0 Å². The van der Waals surface area contributed by atoms with E-state index in [1.807, 2.05) is 0 Å². The van der Waals surface area contributed by atoms with Crippen molar-refractivity contribution in [1.82, 2.24) is 4.72 Å². The van der Waals surface area contributed by atoms with Crippen molar-refractivity contribution in [1.29, 1.82) is 0 Å². The van der Waals surface area contributed by atoms with Gasteiger partial charge in [0.05, 0.1) is 8.81 Å². The first-order valence-corrected chi connectivity index (χ1v) is 8.53. The normalized spacial score (nSPS) is 13.0. The Morgan fingerprint density at radius 3 is 2.47 bits per heavy atom. The Morgan fingerprint density at radius 1 is 1.47 bits per heavy atom. The highest BCUT2D eigenvalue weighted by atomic mass is 79.9. The summed E-state index contributed by atoms with van der Waals surface area (Å²) >= 11 is 10.1. The van der Waals surface area contributed by atoms with Gasteiger partial charge in [0.1, 0.15) is 4.21 Å². The monoisotopic (exact) mass is 359 g/mol. The van der Waals surface area contributed by atoms with Gasteiger partial charge < -0.3 is 0 Å². The van der Waals surface area contributed by atoms with Gasteiger partial charge in [-0.05, 0) is 33.8 Å². The van der Waals surface area contributed by atoms with E-state index in [-0.39, 0.29) is 9.62 Å². The summed E-state index contributed by atoms with van der Waals surface area (Å²) in [6.07, 6.45) is 0.784. The molecule has 0 aliphatic heterocycles. The predicted molar refractivity (Wildman–Crippen MR) is 76.3 cm³/mol. The molecule has 0 aliphatic carbocycles. The fourth-order valence-corrected chi connectivity index (χ4v) is 4.57. The van der Waals surface area contributed by atoms with E-state index in [4.69, 9.17) is 11.6 Å². The molecule has 0 bridgehead atoms. The van der Waals surface area contributed by atoms with E-state index < -0.39 is 10.0 Å². The van der Waals surface area contributed by atoms with E-state index in [0.29, 0.717) is 15.4 Å². The van der Waals surface area contributed by atoms with Gasteiger partial charge >= 0.3 is 0 Å². The molecule has 0 spiro atoms. The van der Waals surface area contributed by atoms with Gasteiger partial charge in [0.15, 0.2) is 0 Å². The van der Waals surface area contributed by atoms with Crippen molar-refractivity contribution in [3.8, 4) is 0 Å². The number of hydrogen-bond acceptors (Lipinski definition) is 3. The molecular weight excluding hydrogens is 346 g/mol. The minimum atomic E-state index is -3.43. The van der Waals surface area contributed by atoms with Crippen LogP contribution in [0.15, 0.2) is 14.1 Å². The number of rotatable bonds is 4. The molecule has 1 N–H and O–H groups in total. The first-order chi connectivity index (χ1) is 7.62. The van der Waals surface area contributed by atoms with Crippen molar-refractivity contribution in [3.63, 3.8) is 0 Å². The lowest BCUT2D eigenvalue weighted by Crippen LogP contribution is -2.26. The summed E-state index contributed by atoms with van der Waals surface area (Å²) < 4.78 is 27.3. The second kappa shape index (κ2) is 5.57. The molecule has 3 nitrogen and oxygen atoms in total. The van der Waals surface area contributed by atoms with Gasteiger partial charge in [0, 0.05) is 6.54 Å². The summed E-state index contributed by atoms with van der Waals surface area (Å²) in [6.45, 7) is 6.64. The highest BCUT2D eigenvalue weighted by Crippen LogP contribution is 2.34. The lowest BCUT2D eigenvalue weighted by Gasteiger charge is -2.17. The van der Waals surface area contributed by atoms with E-state index in [2.05, 4.69) is 41.4 Å². The molecule has 0 unspecified atom stereocenters. The first-order valence-electron chi connectivity index (χ1n) is 5.06. The second-order valence-corrected chi connectivity index (χ2v) is 9.67. The van der Waals surface area contributed by atoms with E-state index in [1.165, 1.54) is 6.07 Å². The molecule has 0 radical (unpaired) electrons. The van der Waals surface area contributed by atoms with Crippen molar-refractivity contribution in [2.24, 2.45) is 5.41 Å². The van der Waals surface area contributed by atoms with Crippen molar-refractivity contribution < 1.29 is 8.42 Å². The number of hydrogen-bond donors (Lipinski definition) is 1. The highest BCUT2D eigenvalue weighted by molar-refractivity contribution is 9.11. The Bertz CT molecular complexity index is 471. The molecule has 0 saturated carbocycles. The Balaban J connectivity index is 2.70. The fourth-order valence-electron chi connectivity index (χ4n) is 1.09. The van der Waals surface area contributed by atoms with Crippen LogP contribution in [0, 0.1) is 5.41 Å². The molecule has 7 heteroatoms.